The summed E-state index contributed by atoms with van der Waals surface area (Å²) in [5, 5.41) is 28.5. The van der Waals surface area contributed by atoms with Crippen LogP contribution in [0.15, 0.2) is 54.7 Å². The summed E-state index contributed by atoms with van der Waals surface area (Å²) in [7, 11) is 0. The van der Waals surface area contributed by atoms with Crippen LogP contribution < -0.4 is 5.73 Å². The minimum absolute atomic E-state index is 0.110. The number of benzene rings is 1. The molecule has 0 amide bonds. The highest BCUT2D eigenvalue weighted by atomic mass is 16.3. The van der Waals surface area contributed by atoms with Gasteiger partial charge in [-0.25, -0.2) is 14.6 Å². The standard InChI is InChI=1S/C24H22N8O/c25-13-16-5-3-6-17(11-16)19-12-20(29-23(26)28-19)21-15-32(31-30-21)14-18-7-4-8-22(27-18)24(33)9-1-2-10-24/h3-8,11-12,15,33H,1-2,9-10,14H2,(H2,26,28,29). The fourth-order valence-electron chi connectivity index (χ4n) is 4.19. The first-order valence-corrected chi connectivity index (χ1v) is 10.8. The van der Waals surface area contributed by atoms with Crippen molar-refractivity contribution in [1.82, 2.24) is 29.9 Å². The lowest BCUT2D eigenvalue weighted by molar-refractivity contribution is 0.0397. The number of nitrogens with two attached hydrogens (primary N) is 1. The van der Waals surface area contributed by atoms with Crippen molar-refractivity contribution in [3.05, 3.63) is 71.7 Å². The number of anilines is 1. The highest BCUT2D eigenvalue weighted by Gasteiger charge is 2.34. The van der Waals surface area contributed by atoms with Crippen LogP contribution in [0.25, 0.3) is 22.6 Å². The highest BCUT2D eigenvalue weighted by molar-refractivity contribution is 5.68. The Balaban J connectivity index is 1.40. The third kappa shape index (κ3) is 4.29. The largest absolute Gasteiger partial charge is 0.384 e. The predicted octanol–water partition coefficient (Wildman–Crippen LogP) is 3.06. The quantitative estimate of drug-likeness (QED) is 0.484. The molecule has 0 spiro atoms. The number of nitrogens with zero attached hydrogens (tertiary/aromatic N) is 7. The number of aliphatic hydroxyl groups is 1. The topological polar surface area (TPSA) is 139 Å². The van der Waals surface area contributed by atoms with Crippen molar-refractivity contribution in [1.29, 1.82) is 5.26 Å². The summed E-state index contributed by atoms with van der Waals surface area (Å²) in [5.41, 5.74) is 9.61. The van der Waals surface area contributed by atoms with Gasteiger partial charge in [0, 0.05) is 5.56 Å². The van der Waals surface area contributed by atoms with Gasteiger partial charge in [0.15, 0.2) is 0 Å². The Morgan fingerprint density at radius 3 is 2.61 bits per heavy atom. The molecule has 0 unspecified atom stereocenters. The molecule has 9 heteroatoms. The van der Waals surface area contributed by atoms with Crippen molar-refractivity contribution >= 4 is 5.95 Å². The molecule has 9 nitrogen and oxygen atoms in total. The van der Waals surface area contributed by atoms with E-state index in [1.54, 1.807) is 35.1 Å². The van der Waals surface area contributed by atoms with E-state index in [0.29, 0.717) is 34.9 Å². The molecular weight excluding hydrogens is 416 g/mol. The summed E-state index contributed by atoms with van der Waals surface area (Å²) in [6, 6.07) is 16.7. The van der Waals surface area contributed by atoms with E-state index in [9.17, 15) is 5.11 Å². The van der Waals surface area contributed by atoms with E-state index in [0.717, 1.165) is 36.9 Å². The maximum Gasteiger partial charge on any atom is 0.221 e. The molecule has 4 aromatic rings. The van der Waals surface area contributed by atoms with Crippen molar-refractivity contribution in [3.8, 4) is 28.7 Å². The Labute approximate surface area is 190 Å². The molecule has 33 heavy (non-hydrogen) atoms. The molecule has 3 heterocycles. The monoisotopic (exact) mass is 438 g/mol. The third-order valence-electron chi connectivity index (χ3n) is 5.87. The van der Waals surface area contributed by atoms with E-state index >= 15 is 0 Å². The van der Waals surface area contributed by atoms with Crippen molar-refractivity contribution in [2.45, 2.75) is 37.8 Å². The molecule has 1 aliphatic rings. The lowest BCUT2D eigenvalue weighted by Gasteiger charge is -2.21. The SMILES string of the molecule is N#Cc1cccc(-c2cc(-c3cn(Cc4cccc(C5(O)CCCC5)n4)nn3)nc(N)n2)c1. The summed E-state index contributed by atoms with van der Waals surface area (Å²) in [6.45, 7) is 0.411. The van der Waals surface area contributed by atoms with Gasteiger partial charge in [0.2, 0.25) is 5.95 Å². The molecular formula is C24H22N8O. The molecule has 0 bridgehead atoms. The van der Waals surface area contributed by atoms with Gasteiger partial charge >= 0.3 is 0 Å². The van der Waals surface area contributed by atoms with Gasteiger partial charge in [-0.15, -0.1) is 5.10 Å². The molecule has 3 aromatic heterocycles. The van der Waals surface area contributed by atoms with Crippen LogP contribution in [-0.2, 0) is 12.1 Å². The smallest absolute Gasteiger partial charge is 0.221 e. The van der Waals surface area contributed by atoms with Crippen LogP contribution in [0.4, 0.5) is 5.95 Å². The second-order valence-electron chi connectivity index (χ2n) is 8.24. The highest BCUT2D eigenvalue weighted by Crippen LogP contribution is 2.37. The number of aromatic nitrogens is 6. The zero-order valence-corrected chi connectivity index (χ0v) is 17.9. The summed E-state index contributed by atoms with van der Waals surface area (Å²) in [5.74, 6) is 0.110. The molecule has 164 valence electrons. The number of hydrogen-bond acceptors (Lipinski definition) is 8. The van der Waals surface area contributed by atoms with Crippen LogP contribution >= 0.6 is 0 Å². The minimum atomic E-state index is -0.832. The number of hydrogen-bond donors (Lipinski definition) is 2. The van der Waals surface area contributed by atoms with Crippen LogP contribution in [0.3, 0.4) is 0 Å². The van der Waals surface area contributed by atoms with E-state index in [2.05, 4.69) is 31.3 Å². The van der Waals surface area contributed by atoms with Gasteiger partial charge in [-0.2, -0.15) is 5.26 Å². The predicted molar refractivity (Wildman–Crippen MR) is 121 cm³/mol. The number of pyridine rings is 1. The molecule has 5 rings (SSSR count). The van der Waals surface area contributed by atoms with Gasteiger partial charge in [-0.05, 0) is 43.2 Å². The average molecular weight is 438 g/mol. The second kappa shape index (κ2) is 8.41. The number of nitriles is 1. The van der Waals surface area contributed by atoms with Crippen molar-refractivity contribution < 1.29 is 5.11 Å². The van der Waals surface area contributed by atoms with E-state index in [1.807, 2.05) is 24.3 Å². The average Bonchev–Trinajstić information content (AvgIpc) is 3.49. The van der Waals surface area contributed by atoms with Crippen molar-refractivity contribution in [3.63, 3.8) is 0 Å². The first-order valence-electron chi connectivity index (χ1n) is 10.8. The fourth-order valence-corrected chi connectivity index (χ4v) is 4.19. The first kappa shape index (κ1) is 20.7. The normalized spacial score (nSPS) is 14.8. The van der Waals surface area contributed by atoms with Gasteiger partial charge in [0.1, 0.15) is 11.3 Å². The Morgan fingerprint density at radius 1 is 1.00 bits per heavy atom. The summed E-state index contributed by atoms with van der Waals surface area (Å²) < 4.78 is 1.68. The second-order valence-corrected chi connectivity index (χ2v) is 8.24. The van der Waals surface area contributed by atoms with E-state index in [4.69, 9.17) is 11.0 Å². The molecule has 0 atom stereocenters. The Kier molecular flexibility index (Phi) is 5.28. The van der Waals surface area contributed by atoms with E-state index in [-0.39, 0.29) is 5.95 Å². The van der Waals surface area contributed by atoms with Crippen LogP contribution in [-0.4, -0.2) is 35.1 Å². The van der Waals surface area contributed by atoms with E-state index < -0.39 is 5.60 Å². The zero-order chi connectivity index (χ0) is 22.8. The van der Waals surface area contributed by atoms with Gasteiger partial charge in [-0.3, -0.25) is 4.98 Å². The van der Waals surface area contributed by atoms with Gasteiger partial charge in [0.25, 0.3) is 0 Å². The van der Waals surface area contributed by atoms with Gasteiger partial charge < -0.3 is 10.8 Å². The summed E-state index contributed by atoms with van der Waals surface area (Å²) in [6.07, 6.45) is 5.28. The minimum Gasteiger partial charge on any atom is -0.384 e. The van der Waals surface area contributed by atoms with Gasteiger partial charge in [-0.1, -0.05) is 36.3 Å². The molecule has 1 aromatic carbocycles. The van der Waals surface area contributed by atoms with Crippen LogP contribution in [0.1, 0.15) is 42.6 Å². The number of rotatable bonds is 5. The summed E-state index contributed by atoms with van der Waals surface area (Å²) >= 11 is 0. The van der Waals surface area contributed by atoms with Crippen LogP contribution in [0.2, 0.25) is 0 Å². The summed E-state index contributed by atoms with van der Waals surface area (Å²) in [4.78, 5) is 13.3. The molecule has 1 fully saturated rings. The molecule has 3 N–H and O–H groups in total. The Bertz CT molecular complexity index is 1350. The lowest BCUT2D eigenvalue weighted by Crippen LogP contribution is -2.23. The lowest BCUT2D eigenvalue weighted by atomic mass is 9.97. The zero-order valence-electron chi connectivity index (χ0n) is 17.9. The van der Waals surface area contributed by atoms with Crippen LogP contribution in [0, 0.1) is 11.3 Å². The number of nitrogen functional groups attached to an aromatic ring is 1. The molecule has 0 aliphatic heterocycles. The van der Waals surface area contributed by atoms with E-state index in [1.165, 1.54) is 0 Å². The third-order valence-corrected chi connectivity index (χ3v) is 5.87. The fraction of sp³-hybridized carbons (Fsp3) is 0.250. The van der Waals surface area contributed by atoms with Gasteiger partial charge in [0.05, 0.1) is 47.1 Å². The molecule has 0 saturated heterocycles. The molecule has 1 aliphatic carbocycles. The maximum absolute atomic E-state index is 10.8. The first-order chi connectivity index (χ1) is 16.0. The van der Waals surface area contributed by atoms with Crippen molar-refractivity contribution in [2.75, 3.05) is 5.73 Å². The Hall–Kier alpha value is -4.16. The van der Waals surface area contributed by atoms with Crippen molar-refractivity contribution in [2.24, 2.45) is 0 Å². The molecule has 0 radical (unpaired) electrons. The maximum atomic E-state index is 10.8. The Morgan fingerprint density at radius 2 is 1.79 bits per heavy atom. The molecule has 1 saturated carbocycles. The van der Waals surface area contributed by atoms with Crippen LogP contribution in [0.5, 0.6) is 0 Å².